The predicted octanol–water partition coefficient (Wildman–Crippen LogP) is 2.87. The van der Waals surface area contributed by atoms with E-state index in [1.54, 1.807) is 0 Å². The van der Waals surface area contributed by atoms with Crippen LogP contribution in [0.15, 0.2) is 36.5 Å². The number of likely N-dealkylation sites (tertiary alicyclic amines) is 1. The lowest BCUT2D eigenvalue weighted by molar-refractivity contribution is 0.0932. The Hall–Kier alpha value is -2.21. The van der Waals surface area contributed by atoms with Crippen LogP contribution in [0.4, 0.5) is 8.78 Å². The van der Waals surface area contributed by atoms with E-state index in [4.69, 9.17) is 0 Å². The van der Waals surface area contributed by atoms with Crippen molar-refractivity contribution in [3.05, 3.63) is 59.4 Å². The van der Waals surface area contributed by atoms with Crippen molar-refractivity contribution in [1.29, 1.82) is 0 Å². The molecule has 1 aliphatic rings. The van der Waals surface area contributed by atoms with Crippen molar-refractivity contribution in [1.82, 2.24) is 14.8 Å². The fraction of sp³-hybridized carbons (Fsp3) is 0.389. The van der Waals surface area contributed by atoms with Gasteiger partial charge in [0.2, 0.25) is 0 Å². The Morgan fingerprint density at radius 1 is 1.25 bits per heavy atom. The quantitative estimate of drug-likeness (QED) is 0.914. The number of aromatic nitrogens is 1. The molecule has 1 atom stereocenters. The second-order valence-electron chi connectivity index (χ2n) is 6.14. The zero-order chi connectivity index (χ0) is 17.1. The number of rotatable bonds is 5. The van der Waals surface area contributed by atoms with E-state index in [0.29, 0.717) is 6.54 Å². The molecular weight excluding hydrogens is 312 g/mol. The van der Waals surface area contributed by atoms with Gasteiger partial charge in [0.1, 0.15) is 11.6 Å². The van der Waals surface area contributed by atoms with Gasteiger partial charge in [0.05, 0.1) is 11.6 Å². The van der Waals surface area contributed by atoms with Crippen molar-refractivity contribution < 1.29 is 13.6 Å². The molecule has 2 aromatic rings. The zero-order valence-electron chi connectivity index (χ0n) is 13.6. The summed E-state index contributed by atoms with van der Waals surface area (Å²) in [5, 5.41) is 2.80. The molecule has 24 heavy (non-hydrogen) atoms. The summed E-state index contributed by atoms with van der Waals surface area (Å²) in [5.74, 6) is -2.06. The molecule has 1 unspecified atom stereocenters. The zero-order valence-corrected chi connectivity index (χ0v) is 13.6. The van der Waals surface area contributed by atoms with Crippen molar-refractivity contribution >= 4 is 5.91 Å². The van der Waals surface area contributed by atoms with Gasteiger partial charge in [-0.1, -0.05) is 0 Å². The second-order valence-corrected chi connectivity index (χ2v) is 6.14. The van der Waals surface area contributed by atoms with Crippen molar-refractivity contribution in [2.45, 2.75) is 18.9 Å². The molecule has 0 bridgehead atoms. The molecule has 0 saturated carbocycles. The lowest BCUT2D eigenvalue weighted by atomic mass is 10.1. The van der Waals surface area contributed by atoms with Crippen LogP contribution in [0.25, 0.3) is 0 Å². The number of hydrogen-bond donors (Lipinski definition) is 1. The molecule has 1 aliphatic heterocycles. The highest BCUT2D eigenvalue weighted by atomic mass is 19.1. The van der Waals surface area contributed by atoms with Crippen LogP contribution in [-0.2, 0) is 7.05 Å². The standard InChI is InChI=1S/C18H21F2N3O/c1-22-8-4-5-16(22)17(23-9-2-3-10-23)12-21-18(24)14-7-6-13(19)11-15(14)20/h4-8,11,17H,2-3,9-10,12H2,1H3,(H,21,24). The van der Waals surface area contributed by atoms with Crippen LogP contribution in [0.1, 0.15) is 34.9 Å². The molecular formula is C18H21F2N3O. The van der Waals surface area contributed by atoms with Gasteiger partial charge in [0.15, 0.2) is 0 Å². The normalized spacial score (nSPS) is 16.3. The summed E-state index contributed by atoms with van der Waals surface area (Å²) < 4.78 is 28.8. The van der Waals surface area contributed by atoms with Crippen LogP contribution >= 0.6 is 0 Å². The summed E-state index contributed by atoms with van der Waals surface area (Å²) in [6, 6.07) is 7.04. The molecule has 1 amide bonds. The van der Waals surface area contributed by atoms with Gasteiger partial charge in [-0.3, -0.25) is 9.69 Å². The lowest BCUT2D eigenvalue weighted by Gasteiger charge is -2.28. The van der Waals surface area contributed by atoms with Crippen molar-refractivity contribution in [2.24, 2.45) is 7.05 Å². The monoisotopic (exact) mass is 333 g/mol. The van der Waals surface area contributed by atoms with Crippen LogP contribution in [-0.4, -0.2) is 35.0 Å². The summed E-state index contributed by atoms with van der Waals surface area (Å²) in [6.45, 7) is 2.35. The molecule has 3 rings (SSSR count). The predicted molar refractivity (Wildman–Crippen MR) is 87.7 cm³/mol. The highest BCUT2D eigenvalue weighted by molar-refractivity contribution is 5.94. The topological polar surface area (TPSA) is 37.3 Å². The molecule has 0 radical (unpaired) electrons. The maximum atomic E-state index is 13.7. The number of nitrogens with zero attached hydrogens (tertiary/aromatic N) is 2. The van der Waals surface area contributed by atoms with Crippen LogP contribution in [0.5, 0.6) is 0 Å². The largest absolute Gasteiger partial charge is 0.353 e. The summed E-state index contributed by atoms with van der Waals surface area (Å²) in [5.41, 5.74) is 0.972. The molecule has 1 N–H and O–H groups in total. The average Bonchev–Trinajstić information content (AvgIpc) is 3.20. The summed E-state index contributed by atoms with van der Waals surface area (Å²) in [7, 11) is 1.97. The molecule has 128 valence electrons. The van der Waals surface area contributed by atoms with Gasteiger partial charge in [-0.05, 0) is 50.2 Å². The molecule has 6 heteroatoms. The van der Waals surface area contributed by atoms with E-state index >= 15 is 0 Å². The van der Waals surface area contributed by atoms with E-state index in [2.05, 4.69) is 10.2 Å². The first-order valence-electron chi connectivity index (χ1n) is 8.15. The van der Waals surface area contributed by atoms with Gasteiger partial charge in [-0.15, -0.1) is 0 Å². The minimum Gasteiger partial charge on any atom is -0.353 e. The summed E-state index contributed by atoms with van der Waals surface area (Å²) in [6.07, 6.45) is 4.25. The smallest absolute Gasteiger partial charge is 0.254 e. The fourth-order valence-electron chi connectivity index (χ4n) is 3.25. The Kier molecular flexibility index (Phi) is 4.94. The Bertz CT molecular complexity index is 723. The fourth-order valence-corrected chi connectivity index (χ4v) is 3.25. The Morgan fingerprint density at radius 3 is 2.62 bits per heavy atom. The molecule has 1 aromatic heterocycles. The minimum absolute atomic E-state index is 0.0416. The van der Waals surface area contributed by atoms with Crippen LogP contribution in [0, 0.1) is 11.6 Å². The Morgan fingerprint density at radius 2 is 2.00 bits per heavy atom. The third-order valence-electron chi connectivity index (χ3n) is 4.54. The molecule has 0 aliphatic carbocycles. The molecule has 2 heterocycles. The van der Waals surface area contributed by atoms with Gasteiger partial charge < -0.3 is 9.88 Å². The van der Waals surface area contributed by atoms with Gasteiger partial charge >= 0.3 is 0 Å². The number of halogens is 2. The van der Waals surface area contributed by atoms with E-state index in [-0.39, 0.29) is 11.6 Å². The van der Waals surface area contributed by atoms with Gasteiger partial charge in [-0.25, -0.2) is 8.78 Å². The number of benzene rings is 1. The third kappa shape index (κ3) is 3.48. The number of amides is 1. The highest BCUT2D eigenvalue weighted by Crippen LogP contribution is 2.24. The van der Waals surface area contributed by atoms with E-state index in [0.717, 1.165) is 43.8 Å². The first kappa shape index (κ1) is 16.6. The van der Waals surface area contributed by atoms with Gasteiger partial charge in [0, 0.05) is 31.5 Å². The van der Waals surface area contributed by atoms with E-state index in [1.807, 2.05) is 29.9 Å². The first-order chi connectivity index (χ1) is 11.6. The SMILES string of the molecule is Cn1cccc1C(CNC(=O)c1ccc(F)cc1F)N1CCCC1. The third-order valence-corrected chi connectivity index (χ3v) is 4.54. The number of carbonyl (C=O) groups is 1. The Labute approximate surface area is 140 Å². The van der Waals surface area contributed by atoms with Crippen LogP contribution < -0.4 is 5.32 Å². The summed E-state index contributed by atoms with van der Waals surface area (Å²) in [4.78, 5) is 14.6. The molecule has 4 nitrogen and oxygen atoms in total. The maximum absolute atomic E-state index is 13.7. The maximum Gasteiger partial charge on any atom is 0.254 e. The number of hydrogen-bond acceptors (Lipinski definition) is 2. The van der Waals surface area contributed by atoms with Gasteiger partial charge in [0.25, 0.3) is 5.91 Å². The van der Waals surface area contributed by atoms with E-state index in [9.17, 15) is 13.6 Å². The van der Waals surface area contributed by atoms with E-state index in [1.165, 1.54) is 6.07 Å². The van der Waals surface area contributed by atoms with E-state index < -0.39 is 17.5 Å². The molecule has 1 fully saturated rings. The second kappa shape index (κ2) is 7.13. The molecule has 1 saturated heterocycles. The number of nitrogens with one attached hydrogen (secondary N) is 1. The lowest BCUT2D eigenvalue weighted by Crippen LogP contribution is -2.37. The van der Waals surface area contributed by atoms with Crippen LogP contribution in [0.3, 0.4) is 0 Å². The van der Waals surface area contributed by atoms with Crippen molar-refractivity contribution in [2.75, 3.05) is 19.6 Å². The van der Waals surface area contributed by atoms with Crippen molar-refractivity contribution in [3.63, 3.8) is 0 Å². The summed E-state index contributed by atoms with van der Waals surface area (Å²) >= 11 is 0. The number of carbonyl (C=O) groups excluding carboxylic acids is 1. The highest BCUT2D eigenvalue weighted by Gasteiger charge is 2.26. The molecule has 1 aromatic carbocycles. The molecule has 0 spiro atoms. The minimum atomic E-state index is -0.843. The Balaban J connectivity index is 1.73. The average molecular weight is 333 g/mol. The van der Waals surface area contributed by atoms with Crippen LogP contribution in [0.2, 0.25) is 0 Å². The first-order valence-corrected chi connectivity index (χ1v) is 8.15. The van der Waals surface area contributed by atoms with Gasteiger partial charge in [-0.2, -0.15) is 0 Å². The van der Waals surface area contributed by atoms with Crippen molar-refractivity contribution in [3.8, 4) is 0 Å². The number of aryl methyl sites for hydroxylation is 1.